The highest BCUT2D eigenvalue weighted by atomic mass is 16.3. The van der Waals surface area contributed by atoms with Crippen molar-refractivity contribution in [1.29, 1.82) is 0 Å². The Kier molecular flexibility index (Phi) is 6.39. The van der Waals surface area contributed by atoms with Crippen LogP contribution in [0.3, 0.4) is 0 Å². The first kappa shape index (κ1) is 19.2. The number of likely N-dealkylation sites (N-methyl/N-ethyl adjacent to an activating group) is 1. The third kappa shape index (κ3) is 4.70. The third-order valence-corrected chi connectivity index (χ3v) is 4.51. The van der Waals surface area contributed by atoms with Crippen LogP contribution in [0.25, 0.3) is 11.0 Å². The number of benzene rings is 1. The average Bonchev–Trinajstić information content (AvgIpc) is 2.87. The molecule has 138 valence electrons. The van der Waals surface area contributed by atoms with Crippen molar-refractivity contribution in [3.05, 3.63) is 34.2 Å². The summed E-state index contributed by atoms with van der Waals surface area (Å²) in [7, 11) is 3.90. The second-order valence-electron chi connectivity index (χ2n) is 7.01. The number of nitrogens with zero attached hydrogens (tertiary/aromatic N) is 2. The number of aromatic amines is 1. The minimum Gasteiger partial charge on any atom is -0.396 e. The van der Waals surface area contributed by atoms with Crippen molar-refractivity contribution in [3.63, 3.8) is 0 Å². The zero-order chi connectivity index (χ0) is 18.6. The molecule has 0 radical (unpaired) electrons. The minimum absolute atomic E-state index is 0.0261. The summed E-state index contributed by atoms with van der Waals surface area (Å²) in [5.41, 5.74) is 1.78. The lowest BCUT2D eigenvalue weighted by atomic mass is 9.97. The number of aromatic nitrogens is 2. The number of hydrogen-bond donors (Lipinski definition) is 3. The van der Waals surface area contributed by atoms with E-state index in [2.05, 4.69) is 10.3 Å². The number of hydrogen-bond acceptors (Lipinski definition) is 4. The minimum atomic E-state index is -0.200. The molecule has 0 bridgehead atoms. The first-order valence-corrected chi connectivity index (χ1v) is 8.59. The van der Waals surface area contributed by atoms with Gasteiger partial charge in [-0.25, -0.2) is 4.79 Å². The fourth-order valence-corrected chi connectivity index (χ4v) is 2.65. The first-order chi connectivity index (χ1) is 11.8. The number of fused-ring (bicyclic) bond motifs is 1. The van der Waals surface area contributed by atoms with Crippen LogP contribution >= 0.6 is 0 Å². The lowest BCUT2D eigenvalue weighted by Crippen LogP contribution is -2.33. The summed E-state index contributed by atoms with van der Waals surface area (Å²) >= 11 is 0. The van der Waals surface area contributed by atoms with E-state index in [1.54, 1.807) is 22.8 Å². The van der Waals surface area contributed by atoms with Crippen molar-refractivity contribution >= 4 is 16.9 Å². The van der Waals surface area contributed by atoms with Crippen LogP contribution in [0.1, 0.15) is 24.2 Å². The highest BCUT2D eigenvalue weighted by Gasteiger charge is 2.15. The second-order valence-corrected chi connectivity index (χ2v) is 7.01. The number of carbonyl (C=O) groups is 1. The molecule has 1 aromatic heterocycles. The molecule has 0 saturated carbocycles. The highest BCUT2D eigenvalue weighted by Crippen LogP contribution is 2.14. The molecule has 3 N–H and O–H groups in total. The fraction of sp³-hybridized carbons (Fsp3) is 0.556. The Hall–Kier alpha value is -2.12. The van der Waals surface area contributed by atoms with Crippen LogP contribution in [0, 0.1) is 11.8 Å². The van der Waals surface area contributed by atoms with Gasteiger partial charge in [0.1, 0.15) is 0 Å². The molecule has 0 saturated heterocycles. The van der Waals surface area contributed by atoms with Crippen LogP contribution in [0.4, 0.5) is 0 Å². The molecule has 2 aromatic rings. The molecule has 7 heteroatoms. The number of aliphatic hydroxyl groups excluding tert-OH is 1. The molecule has 0 aliphatic rings. The van der Waals surface area contributed by atoms with Gasteiger partial charge in [0.2, 0.25) is 0 Å². The highest BCUT2D eigenvalue weighted by molar-refractivity contribution is 5.97. The van der Waals surface area contributed by atoms with E-state index in [0.717, 1.165) is 17.6 Å². The van der Waals surface area contributed by atoms with E-state index in [1.165, 1.54) is 0 Å². The molecule has 0 aliphatic carbocycles. The number of aliphatic hydroxyl groups is 1. The van der Waals surface area contributed by atoms with Gasteiger partial charge in [0, 0.05) is 37.7 Å². The van der Waals surface area contributed by atoms with E-state index in [4.69, 9.17) is 0 Å². The van der Waals surface area contributed by atoms with Crippen molar-refractivity contribution in [3.8, 4) is 0 Å². The standard InChI is InChI=1S/C18H28N4O3/c1-12(2)14(11-23)10-19-17(24)13-5-6-15-16(9-13)22(18(25)20-15)8-7-21(3)4/h5-6,9,12,14,23H,7-8,10-11H2,1-4H3,(H,19,24)(H,20,25). The summed E-state index contributed by atoms with van der Waals surface area (Å²) in [6.45, 7) is 5.78. The van der Waals surface area contributed by atoms with Crippen molar-refractivity contribution < 1.29 is 9.90 Å². The fourth-order valence-electron chi connectivity index (χ4n) is 2.65. The smallest absolute Gasteiger partial charge is 0.326 e. The quantitative estimate of drug-likeness (QED) is 0.661. The molecule has 25 heavy (non-hydrogen) atoms. The SMILES string of the molecule is CC(C)C(CO)CNC(=O)c1ccc2[nH]c(=O)n(CCN(C)C)c2c1. The maximum absolute atomic E-state index is 12.4. The Morgan fingerprint density at radius 3 is 2.68 bits per heavy atom. The van der Waals surface area contributed by atoms with Crippen LogP contribution in [0.15, 0.2) is 23.0 Å². The molecule has 0 aliphatic heterocycles. The Balaban J connectivity index is 2.20. The molecule has 7 nitrogen and oxygen atoms in total. The lowest BCUT2D eigenvalue weighted by Gasteiger charge is -2.18. The molecule has 1 atom stereocenters. The zero-order valence-corrected chi connectivity index (χ0v) is 15.4. The van der Waals surface area contributed by atoms with Crippen molar-refractivity contribution in [1.82, 2.24) is 19.8 Å². The summed E-state index contributed by atoms with van der Waals surface area (Å²) < 4.78 is 1.65. The monoisotopic (exact) mass is 348 g/mol. The summed E-state index contributed by atoms with van der Waals surface area (Å²) in [5.74, 6) is 0.112. The van der Waals surface area contributed by atoms with Gasteiger partial charge in [-0.15, -0.1) is 0 Å². The number of imidazole rings is 1. The average molecular weight is 348 g/mol. The molecule has 2 rings (SSSR count). The van der Waals surface area contributed by atoms with E-state index in [0.29, 0.717) is 18.7 Å². The number of H-pyrrole nitrogens is 1. The molecular weight excluding hydrogens is 320 g/mol. The van der Waals surface area contributed by atoms with Gasteiger partial charge in [0.25, 0.3) is 5.91 Å². The molecule has 1 aromatic carbocycles. The Bertz CT molecular complexity index is 776. The van der Waals surface area contributed by atoms with E-state index >= 15 is 0 Å². The maximum Gasteiger partial charge on any atom is 0.326 e. The first-order valence-electron chi connectivity index (χ1n) is 8.59. The normalized spacial score (nSPS) is 12.9. The predicted octanol–water partition coefficient (Wildman–Crippen LogP) is 0.886. The van der Waals surface area contributed by atoms with Crippen LogP contribution in [-0.2, 0) is 6.54 Å². The Morgan fingerprint density at radius 2 is 2.08 bits per heavy atom. The van der Waals surface area contributed by atoms with Gasteiger partial charge in [0.05, 0.1) is 11.0 Å². The Labute approximate surface area is 147 Å². The zero-order valence-electron chi connectivity index (χ0n) is 15.4. The van der Waals surface area contributed by atoms with Crippen LogP contribution in [0.5, 0.6) is 0 Å². The van der Waals surface area contributed by atoms with Gasteiger partial charge >= 0.3 is 5.69 Å². The molecule has 0 fully saturated rings. The van der Waals surface area contributed by atoms with Crippen molar-refractivity contribution in [2.75, 3.05) is 33.8 Å². The van der Waals surface area contributed by atoms with E-state index < -0.39 is 0 Å². The molecular formula is C18H28N4O3. The van der Waals surface area contributed by atoms with Gasteiger partial charge < -0.3 is 20.3 Å². The molecule has 0 spiro atoms. The summed E-state index contributed by atoms with van der Waals surface area (Å²) in [4.78, 5) is 29.4. The van der Waals surface area contributed by atoms with Crippen LogP contribution in [0.2, 0.25) is 0 Å². The third-order valence-electron chi connectivity index (χ3n) is 4.51. The number of amides is 1. The topological polar surface area (TPSA) is 90.4 Å². The summed E-state index contributed by atoms with van der Waals surface area (Å²) in [5, 5.41) is 12.2. The molecule has 1 unspecified atom stereocenters. The Morgan fingerprint density at radius 1 is 1.36 bits per heavy atom. The van der Waals surface area contributed by atoms with Crippen molar-refractivity contribution in [2.45, 2.75) is 20.4 Å². The van der Waals surface area contributed by atoms with Crippen LogP contribution in [-0.4, -0.2) is 59.3 Å². The van der Waals surface area contributed by atoms with E-state index in [1.807, 2.05) is 32.8 Å². The van der Waals surface area contributed by atoms with Gasteiger partial charge in [0.15, 0.2) is 0 Å². The summed E-state index contributed by atoms with van der Waals surface area (Å²) in [6.07, 6.45) is 0. The summed E-state index contributed by atoms with van der Waals surface area (Å²) in [6, 6.07) is 5.19. The van der Waals surface area contributed by atoms with Gasteiger partial charge in [-0.05, 0) is 38.2 Å². The van der Waals surface area contributed by atoms with E-state index in [9.17, 15) is 14.7 Å². The van der Waals surface area contributed by atoms with Gasteiger partial charge in [-0.2, -0.15) is 0 Å². The molecule has 1 amide bonds. The largest absolute Gasteiger partial charge is 0.396 e. The molecule has 1 heterocycles. The second kappa shape index (κ2) is 8.31. The van der Waals surface area contributed by atoms with Crippen LogP contribution < -0.4 is 11.0 Å². The lowest BCUT2D eigenvalue weighted by molar-refractivity contribution is 0.0931. The number of nitrogens with one attached hydrogen (secondary N) is 2. The number of rotatable bonds is 8. The maximum atomic E-state index is 12.4. The van der Waals surface area contributed by atoms with E-state index in [-0.39, 0.29) is 30.0 Å². The predicted molar refractivity (Wildman–Crippen MR) is 98.9 cm³/mol. The van der Waals surface area contributed by atoms with Crippen molar-refractivity contribution in [2.24, 2.45) is 11.8 Å². The van der Waals surface area contributed by atoms with Gasteiger partial charge in [-0.3, -0.25) is 9.36 Å². The number of carbonyl (C=O) groups excluding carboxylic acids is 1. The van der Waals surface area contributed by atoms with Gasteiger partial charge in [-0.1, -0.05) is 13.8 Å².